The lowest BCUT2D eigenvalue weighted by molar-refractivity contribution is -0.393. The van der Waals surface area contributed by atoms with Crippen LogP contribution in [0.3, 0.4) is 0 Å². The van der Waals surface area contributed by atoms with Gasteiger partial charge in [0, 0.05) is 33.5 Å². The molecule has 0 saturated carbocycles. The van der Waals surface area contributed by atoms with Crippen molar-refractivity contribution in [2.75, 3.05) is 11.5 Å². The van der Waals surface area contributed by atoms with Gasteiger partial charge in [-0.25, -0.2) is 0 Å². The molecule has 5 nitrogen and oxygen atoms in total. The van der Waals surface area contributed by atoms with E-state index in [1.54, 1.807) is 0 Å². The van der Waals surface area contributed by atoms with E-state index in [0.717, 1.165) is 0 Å². The smallest absolute Gasteiger partial charge is 0.399 e. The Morgan fingerprint density at radius 1 is 0.405 bits per heavy atom. The van der Waals surface area contributed by atoms with Gasteiger partial charge in [0.15, 0.2) is 0 Å². The van der Waals surface area contributed by atoms with Crippen molar-refractivity contribution in [2.45, 2.75) is 53.9 Å². The highest BCUT2D eigenvalue weighted by Crippen LogP contribution is 2.64. The Balaban J connectivity index is 3.85. The molecule has 0 aliphatic rings. The Labute approximate surface area is 217 Å². The van der Waals surface area contributed by atoms with E-state index in [1.165, 1.54) is 0 Å². The molecule has 2 rings (SSSR count). The molecule has 7 N–H and O–H groups in total. The van der Waals surface area contributed by atoms with Crippen molar-refractivity contribution < 1.29 is 94.3 Å². The summed E-state index contributed by atoms with van der Waals surface area (Å²) in [5.74, 6) is 0. The van der Waals surface area contributed by atoms with Gasteiger partial charge in [-0.2, -0.15) is 79.0 Å². The SMILES string of the molecule is Nc1ccc2c(C(O)(C(F)(F)F)C(F)(F)F)c(C(O)(C(F)(F)F)C(F)(F)F)c(C(O)(C(F)(F)F)C(F)(F)F)c(N)c2c1. The highest BCUT2D eigenvalue weighted by molar-refractivity contribution is 6.01. The molecule has 23 heteroatoms. The van der Waals surface area contributed by atoms with Gasteiger partial charge in [0.25, 0.3) is 16.8 Å². The van der Waals surface area contributed by atoms with Crippen LogP contribution in [0.5, 0.6) is 0 Å². The molecule has 0 aliphatic heterocycles. The summed E-state index contributed by atoms with van der Waals surface area (Å²) in [7, 11) is 0. The Bertz CT molecular complexity index is 1320. The molecule has 0 heterocycles. The average molecular weight is 656 g/mol. The minimum atomic E-state index is -7.83. The summed E-state index contributed by atoms with van der Waals surface area (Å²) >= 11 is 0. The maximum Gasteiger partial charge on any atom is 0.430 e. The van der Waals surface area contributed by atoms with Crippen LogP contribution >= 0.6 is 0 Å². The number of aliphatic hydroxyl groups is 3. The summed E-state index contributed by atoms with van der Waals surface area (Å²) in [6.45, 7) is 0. The molecular weight excluding hydrogens is 646 g/mol. The molecule has 0 atom stereocenters. The standard InChI is InChI=1S/C19H10F18N2O3/c20-14(21,22)11(40,15(23,24)25)7-5-2-1-4(38)3-6(5)10(39)9(13(42,18(32,33)34)19(35,36)37)8(7)12(41,16(26,27)28)17(29,30)31/h1-3,40-42H,38-39H2. The van der Waals surface area contributed by atoms with E-state index < -0.39 is 92.7 Å². The van der Waals surface area contributed by atoms with Gasteiger partial charge in [0.2, 0.25) is 0 Å². The second-order valence-electron chi connectivity index (χ2n) is 8.46. The van der Waals surface area contributed by atoms with Crippen LogP contribution in [0.25, 0.3) is 10.8 Å². The molecule has 0 bridgehead atoms. The molecule has 0 saturated heterocycles. The lowest BCUT2D eigenvalue weighted by atomic mass is 9.70. The summed E-state index contributed by atoms with van der Waals surface area (Å²) in [6, 6.07) is -0.483. The van der Waals surface area contributed by atoms with Crippen molar-refractivity contribution in [1.82, 2.24) is 0 Å². The van der Waals surface area contributed by atoms with Gasteiger partial charge in [-0.3, -0.25) is 0 Å². The molecule has 42 heavy (non-hydrogen) atoms. The van der Waals surface area contributed by atoms with Crippen molar-refractivity contribution in [2.24, 2.45) is 0 Å². The van der Waals surface area contributed by atoms with Crippen LogP contribution in [0.1, 0.15) is 16.7 Å². The monoisotopic (exact) mass is 656 g/mol. The molecule has 0 aliphatic carbocycles. The summed E-state index contributed by atoms with van der Waals surface area (Å²) in [6.07, 6.45) is -46.2. The zero-order valence-corrected chi connectivity index (χ0v) is 19.0. The van der Waals surface area contributed by atoms with Crippen LogP contribution in [-0.4, -0.2) is 52.4 Å². The van der Waals surface area contributed by atoms with Gasteiger partial charge in [0.05, 0.1) is 0 Å². The first-order valence-electron chi connectivity index (χ1n) is 9.89. The van der Waals surface area contributed by atoms with Crippen LogP contribution in [0.15, 0.2) is 18.2 Å². The number of halogens is 18. The van der Waals surface area contributed by atoms with E-state index in [4.69, 9.17) is 11.5 Å². The Morgan fingerprint density at radius 3 is 1.00 bits per heavy atom. The average Bonchev–Trinajstić information content (AvgIpc) is 2.73. The summed E-state index contributed by atoms with van der Waals surface area (Å²) < 4.78 is 249. The maximum atomic E-state index is 13.9. The number of alkyl halides is 18. The van der Waals surface area contributed by atoms with Crippen LogP contribution in [-0.2, 0) is 16.8 Å². The van der Waals surface area contributed by atoms with E-state index in [0.29, 0.717) is 0 Å². The van der Waals surface area contributed by atoms with Gasteiger partial charge in [-0.1, -0.05) is 6.07 Å². The Morgan fingerprint density at radius 2 is 0.690 bits per heavy atom. The Hall–Kier alpha value is -3.08. The fourth-order valence-corrected chi connectivity index (χ4v) is 3.98. The molecule has 0 spiro atoms. The minimum Gasteiger partial charge on any atom is -0.399 e. The van der Waals surface area contributed by atoms with E-state index in [9.17, 15) is 94.3 Å². The molecule has 2 aromatic carbocycles. The number of fused-ring (bicyclic) bond motifs is 1. The number of benzene rings is 2. The van der Waals surface area contributed by atoms with Crippen LogP contribution in [0.4, 0.5) is 90.4 Å². The van der Waals surface area contributed by atoms with Gasteiger partial charge >= 0.3 is 37.1 Å². The minimum absolute atomic E-state index is 0.0852. The van der Waals surface area contributed by atoms with Crippen LogP contribution in [0.2, 0.25) is 0 Å². The fourth-order valence-electron chi connectivity index (χ4n) is 3.98. The molecule has 0 unspecified atom stereocenters. The van der Waals surface area contributed by atoms with Crippen LogP contribution < -0.4 is 11.5 Å². The lowest BCUT2D eigenvalue weighted by Crippen LogP contribution is -2.62. The third kappa shape index (κ3) is 4.59. The van der Waals surface area contributed by atoms with Gasteiger partial charge in [-0.15, -0.1) is 0 Å². The van der Waals surface area contributed by atoms with Gasteiger partial charge in [0.1, 0.15) is 0 Å². The van der Waals surface area contributed by atoms with E-state index in [-0.39, 0.29) is 18.2 Å². The molecule has 0 radical (unpaired) electrons. The maximum absolute atomic E-state index is 13.9. The van der Waals surface area contributed by atoms with E-state index in [2.05, 4.69) is 0 Å². The first-order valence-corrected chi connectivity index (χ1v) is 9.89. The summed E-state index contributed by atoms with van der Waals surface area (Å²) in [5, 5.41) is 25.0. The Kier molecular flexibility index (Phi) is 7.70. The first kappa shape index (κ1) is 35.1. The number of rotatable bonds is 3. The quantitative estimate of drug-likeness (QED) is 0.208. The predicted molar refractivity (Wildman–Crippen MR) is 101 cm³/mol. The first-order chi connectivity index (χ1) is 18.2. The van der Waals surface area contributed by atoms with Crippen molar-refractivity contribution in [1.29, 1.82) is 0 Å². The normalized spacial score (nSPS) is 15.5. The number of hydrogen-bond acceptors (Lipinski definition) is 5. The largest absolute Gasteiger partial charge is 0.430 e. The summed E-state index contributed by atoms with van der Waals surface area (Å²) in [4.78, 5) is 0. The van der Waals surface area contributed by atoms with Gasteiger partial charge in [-0.05, 0) is 17.5 Å². The highest BCUT2D eigenvalue weighted by Gasteiger charge is 2.81. The highest BCUT2D eigenvalue weighted by atomic mass is 19.4. The number of nitrogen functional groups attached to an aromatic ring is 2. The molecule has 2 aromatic rings. The predicted octanol–water partition coefficient (Wildman–Crippen LogP) is 5.94. The number of nitrogens with two attached hydrogens (primary N) is 2. The third-order valence-electron chi connectivity index (χ3n) is 5.92. The van der Waals surface area contributed by atoms with Crippen molar-refractivity contribution in [3.8, 4) is 0 Å². The number of anilines is 2. The number of hydrogen-bond donors (Lipinski definition) is 5. The molecule has 0 aromatic heterocycles. The fraction of sp³-hybridized carbons (Fsp3) is 0.474. The topological polar surface area (TPSA) is 113 Å². The van der Waals surface area contributed by atoms with Crippen molar-refractivity contribution in [3.63, 3.8) is 0 Å². The zero-order valence-electron chi connectivity index (χ0n) is 19.0. The second kappa shape index (κ2) is 9.21. The zero-order chi connectivity index (χ0) is 33.7. The third-order valence-corrected chi connectivity index (χ3v) is 5.92. The van der Waals surface area contributed by atoms with Crippen LogP contribution in [0, 0.1) is 0 Å². The lowest BCUT2D eigenvalue weighted by Gasteiger charge is -2.44. The van der Waals surface area contributed by atoms with E-state index >= 15 is 0 Å². The molecule has 0 fully saturated rings. The molecule has 0 amide bonds. The van der Waals surface area contributed by atoms with Gasteiger partial charge < -0.3 is 26.8 Å². The van der Waals surface area contributed by atoms with Crippen molar-refractivity contribution in [3.05, 3.63) is 34.9 Å². The van der Waals surface area contributed by atoms with E-state index in [1.807, 2.05) is 0 Å². The second-order valence-corrected chi connectivity index (χ2v) is 8.46. The molecular formula is C19H10F18N2O3. The van der Waals surface area contributed by atoms with Crippen molar-refractivity contribution >= 4 is 22.1 Å². The summed E-state index contributed by atoms with van der Waals surface area (Å²) in [5.41, 5.74) is -28.7. The molecule has 240 valence electrons.